The van der Waals surface area contributed by atoms with E-state index >= 15 is 0 Å². The molecule has 5 nitrogen and oxygen atoms in total. The van der Waals surface area contributed by atoms with Gasteiger partial charge in [0.2, 0.25) is 0 Å². The Hall–Kier alpha value is -1.88. The summed E-state index contributed by atoms with van der Waals surface area (Å²) in [4.78, 5) is 16.9. The third-order valence-corrected chi connectivity index (χ3v) is 2.07. The average molecular weight is 224 g/mol. The Morgan fingerprint density at radius 3 is 2.87 bits per heavy atom. The molecule has 0 aliphatic rings. The number of aromatic nitrogens is 2. The number of nitrogens with one attached hydrogen (secondary N) is 1. The maximum atomic E-state index is 10.5. The maximum Gasteiger partial charge on any atom is 0.270 e. The zero-order valence-electron chi connectivity index (χ0n) is 7.48. The van der Waals surface area contributed by atoms with Crippen molar-refractivity contribution in [3.05, 3.63) is 45.7 Å². The van der Waals surface area contributed by atoms with Crippen LogP contribution in [0, 0.1) is 10.1 Å². The monoisotopic (exact) mass is 223 g/mol. The minimum Gasteiger partial charge on any atom is -0.329 e. The summed E-state index contributed by atoms with van der Waals surface area (Å²) in [6, 6.07) is 6.19. The number of aromatic amines is 1. The van der Waals surface area contributed by atoms with Gasteiger partial charge < -0.3 is 4.98 Å². The molecule has 76 valence electrons. The second-order valence-electron chi connectivity index (χ2n) is 2.89. The molecule has 15 heavy (non-hydrogen) atoms. The number of H-pyrrole nitrogens is 1. The maximum absolute atomic E-state index is 10.5. The number of hydrogen-bond acceptors (Lipinski definition) is 3. The van der Waals surface area contributed by atoms with Crippen LogP contribution < -0.4 is 0 Å². The summed E-state index contributed by atoms with van der Waals surface area (Å²) in [5.74, 6) is 0.517. The minimum atomic E-state index is -0.450. The Kier molecular flexibility index (Phi) is 2.39. The molecule has 0 radical (unpaired) electrons. The van der Waals surface area contributed by atoms with Gasteiger partial charge in [-0.1, -0.05) is 23.7 Å². The summed E-state index contributed by atoms with van der Waals surface area (Å²) in [5.41, 5.74) is 0.663. The second kappa shape index (κ2) is 3.70. The molecule has 1 N–H and O–H groups in total. The molecule has 0 saturated heterocycles. The molecular formula is C9H6ClN3O2. The molecule has 1 aromatic carbocycles. The van der Waals surface area contributed by atoms with E-state index in [9.17, 15) is 10.1 Å². The lowest BCUT2D eigenvalue weighted by Gasteiger charge is -1.96. The molecule has 6 heteroatoms. The zero-order chi connectivity index (χ0) is 10.8. The number of nitrogens with zero attached hydrogens (tertiary/aromatic N) is 2. The van der Waals surface area contributed by atoms with Crippen LogP contribution in [-0.4, -0.2) is 14.9 Å². The highest BCUT2D eigenvalue weighted by molar-refractivity contribution is 6.29. The van der Waals surface area contributed by atoms with Crippen LogP contribution in [0.4, 0.5) is 5.69 Å². The predicted molar refractivity (Wildman–Crippen MR) is 55.7 cm³/mol. The van der Waals surface area contributed by atoms with Gasteiger partial charge in [0.1, 0.15) is 11.0 Å². The van der Waals surface area contributed by atoms with Crippen molar-refractivity contribution in [1.82, 2.24) is 9.97 Å². The standard InChI is InChI=1S/C9H6ClN3O2/c10-8-5-11-9(12-8)6-2-1-3-7(4-6)13(14)15/h1-5H,(H,11,12). The molecule has 1 aromatic heterocycles. The second-order valence-corrected chi connectivity index (χ2v) is 3.29. The molecule has 0 aliphatic heterocycles. The molecule has 0 spiro atoms. The van der Waals surface area contributed by atoms with E-state index < -0.39 is 4.92 Å². The van der Waals surface area contributed by atoms with Gasteiger partial charge in [0.25, 0.3) is 5.69 Å². The predicted octanol–water partition coefficient (Wildman–Crippen LogP) is 2.64. The van der Waals surface area contributed by atoms with Crippen LogP contribution in [-0.2, 0) is 0 Å². The fraction of sp³-hybridized carbons (Fsp3) is 0. The van der Waals surface area contributed by atoms with Gasteiger partial charge in [-0.05, 0) is 0 Å². The van der Waals surface area contributed by atoms with Gasteiger partial charge in [0, 0.05) is 17.7 Å². The van der Waals surface area contributed by atoms with Crippen molar-refractivity contribution in [2.75, 3.05) is 0 Å². The first-order chi connectivity index (χ1) is 7.16. The van der Waals surface area contributed by atoms with Gasteiger partial charge in [-0.2, -0.15) is 0 Å². The first-order valence-corrected chi connectivity index (χ1v) is 4.50. The highest BCUT2D eigenvalue weighted by Crippen LogP contribution is 2.22. The van der Waals surface area contributed by atoms with Crippen molar-refractivity contribution in [1.29, 1.82) is 0 Å². The normalized spacial score (nSPS) is 10.2. The fourth-order valence-electron chi connectivity index (χ4n) is 1.21. The lowest BCUT2D eigenvalue weighted by Crippen LogP contribution is -1.88. The molecule has 0 amide bonds. The van der Waals surface area contributed by atoms with E-state index in [4.69, 9.17) is 11.6 Å². The van der Waals surface area contributed by atoms with Crippen molar-refractivity contribution >= 4 is 17.3 Å². The van der Waals surface area contributed by atoms with E-state index in [2.05, 4.69) is 9.97 Å². The first-order valence-electron chi connectivity index (χ1n) is 4.12. The first kappa shape index (κ1) is 9.67. The van der Waals surface area contributed by atoms with E-state index in [1.54, 1.807) is 12.1 Å². The van der Waals surface area contributed by atoms with Crippen LogP contribution in [0.2, 0.25) is 5.15 Å². The van der Waals surface area contributed by atoms with Crippen LogP contribution >= 0.6 is 11.6 Å². The average Bonchev–Trinajstić information content (AvgIpc) is 2.65. The van der Waals surface area contributed by atoms with Crippen molar-refractivity contribution in [3.8, 4) is 11.4 Å². The van der Waals surface area contributed by atoms with E-state index in [0.29, 0.717) is 16.5 Å². The molecule has 1 heterocycles. The third-order valence-electron chi connectivity index (χ3n) is 1.88. The number of rotatable bonds is 2. The Labute approximate surface area is 89.9 Å². The van der Waals surface area contributed by atoms with Gasteiger partial charge in [0.05, 0.1) is 11.1 Å². The van der Waals surface area contributed by atoms with Crippen molar-refractivity contribution in [3.63, 3.8) is 0 Å². The number of nitro groups is 1. The van der Waals surface area contributed by atoms with Crippen molar-refractivity contribution in [2.24, 2.45) is 0 Å². The summed E-state index contributed by atoms with van der Waals surface area (Å²) in [7, 11) is 0. The van der Waals surface area contributed by atoms with Gasteiger partial charge >= 0.3 is 0 Å². The molecule has 0 atom stereocenters. The van der Waals surface area contributed by atoms with Gasteiger partial charge in [0.15, 0.2) is 0 Å². The van der Waals surface area contributed by atoms with Crippen LogP contribution in [0.25, 0.3) is 11.4 Å². The highest BCUT2D eigenvalue weighted by atomic mass is 35.5. The van der Waals surface area contributed by atoms with E-state index in [1.165, 1.54) is 18.3 Å². The Morgan fingerprint density at radius 1 is 1.47 bits per heavy atom. The van der Waals surface area contributed by atoms with Crippen molar-refractivity contribution in [2.45, 2.75) is 0 Å². The van der Waals surface area contributed by atoms with Gasteiger partial charge in [-0.25, -0.2) is 4.98 Å². The summed E-state index contributed by atoms with van der Waals surface area (Å²) in [6.07, 6.45) is 1.45. The van der Waals surface area contributed by atoms with Crippen LogP contribution in [0.5, 0.6) is 0 Å². The van der Waals surface area contributed by atoms with E-state index in [0.717, 1.165) is 0 Å². The zero-order valence-corrected chi connectivity index (χ0v) is 8.23. The SMILES string of the molecule is O=[N+]([O-])c1cccc(-c2ncc(Cl)[nH]2)c1. The highest BCUT2D eigenvalue weighted by Gasteiger charge is 2.08. The van der Waals surface area contributed by atoms with E-state index in [-0.39, 0.29) is 5.69 Å². The van der Waals surface area contributed by atoms with E-state index in [1.807, 2.05) is 0 Å². The Balaban J connectivity index is 2.45. The number of hydrogen-bond donors (Lipinski definition) is 1. The van der Waals surface area contributed by atoms with Crippen LogP contribution in [0.1, 0.15) is 0 Å². The van der Waals surface area contributed by atoms with Crippen LogP contribution in [0.3, 0.4) is 0 Å². The van der Waals surface area contributed by atoms with Crippen molar-refractivity contribution < 1.29 is 4.92 Å². The fourth-order valence-corrected chi connectivity index (χ4v) is 1.35. The summed E-state index contributed by atoms with van der Waals surface area (Å²) < 4.78 is 0. The Bertz CT molecular complexity index is 510. The number of imidazole rings is 1. The quantitative estimate of drug-likeness (QED) is 0.628. The smallest absolute Gasteiger partial charge is 0.270 e. The molecule has 0 fully saturated rings. The molecule has 2 aromatic rings. The topological polar surface area (TPSA) is 71.8 Å². The third kappa shape index (κ3) is 1.97. The lowest BCUT2D eigenvalue weighted by molar-refractivity contribution is -0.384. The molecule has 2 rings (SSSR count). The summed E-state index contributed by atoms with van der Waals surface area (Å²) >= 11 is 5.66. The molecule has 0 unspecified atom stereocenters. The summed E-state index contributed by atoms with van der Waals surface area (Å²) in [6.45, 7) is 0. The minimum absolute atomic E-state index is 0.0278. The number of nitro benzene ring substituents is 1. The largest absolute Gasteiger partial charge is 0.329 e. The summed E-state index contributed by atoms with van der Waals surface area (Å²) in [5, 5.41) is 10.9. The molecule has 0 aliphatic carbocycles. The Morgan fingerprint density at radius 2 is 2.27 bits per heavy atom. The van der Waals surface area contributed by atoms with Crippen LogP contribution in [0.15, 0.2) is 30.5 Å². The van der Waals surface area contributed by atoms with Gasteiger partial charge in [-0.3, -0.25) is 10.1 Å². The lowest BCUT2D eigenvalue weighted by atomic mass is 10.2. The molecule has 0 saturated carbocycles. The number of non-ortho nitro benzene ring substituents is 1. The van der Waals surface area contributed by atoms with Gasteiger partial charge in [-0.15, -0.1) is 0 Å². The molecule has 0 bridgehead atoms. The number of halogens is 1. The molecular weight excluding hydrogens is 218 g/mol. The number of benzene rings is 1.